The number of primary amides is 1. The van der Waals surface area contributed by atoms with Crippen LogP contribution in [0.2, 0.25) is 0 Å². The monoisotopic (exact) mass is 360 g/mol. The van der Waals surface area contributed by atoms with E-state index in [1.165, 1.54) is 29.8 Å². The van der Waals surface area contributed by atoms with Crippen LogP contribution < -0.4 is 10.5 Å². The van der Waals surface area contributed by atoms with Crippen LogP contribution >= 0.6 is 0 Å². The number of carbonyl (C=O) groups is 1. The molecule has 1 amide bonds. The van der Waals surface area contributed by atoms with Crippen LogP contribution in [0.25, 0.3) is 0 Å². The molecule has 2 aromatic rings. The lowest BCUT2D eigenvalue weighted by Crippen LogP contribution is -2.27. The molecule has 0 fully saturated rings. The van der Waals surface area contributed by atoms with Crippen molar-refractivity contribution in [3.05, 3.63) is 65.2 Å². The summed E-state index contributed by atoms with van der Waals surface area (Å²) >= 11 is 0. The number of sulfonamides is 1. The fourth-order valence-electron chi connectivity index (χ4n) is 2.60. The fourth-order valence-corrected chi connectivity index (χ4v) is 3.88. The Labute approximate surface area is 149 Å². The molecule has 0 aliphatic rings. The summed E-state index contributed by atoms with van der Waals surface area (Å²) in [6.07, 6.45) is 0.986. The minimum Gasteiger partial charge on any atom is -0.366 e. The van der Waals surface area contributed by atoms with Gasteiger partial charge in [-0.25, -0.2) is 13.1 Å². The number of nitrogens with one attached hydrogen (secondary N) is 1. The average molecular weight is 360 g/mol. The first-order valence-corrected chi connectivity index (χ1v) is 9.68. The summed E-state index contributed by atoms with van der Waals surface area (Å²) in [5, 5.41) is 0. The number of amides is 1. The maximum Gasteiger partial charge on any atom is 0.248 e. The van der Waals surface area contributed by atoms with Gasteiger partial charge >= 0.3 is 0 Å². The van der Waals surface area contributed by atoms with Gasteiger partial charge in [0.05, 0.1) is 4.90 Å². The third kappa shape index (κ3) is 5.14. The fraction of sp³-hybridized carbons (Fsp3) is 0.316. The SMILES string of the molecule is CC(C)Cc1ccc(C(C)NS(=O)(=O)c2cccc(C(N)=O)c2)cc1. The number of nitrogens with two attached hydrogens (primary N) is 1. The summed E-state index contributed by atoms with van der Waals surface area (Å²) < 4.78 is 27.7. The Balaban J connectivity index is 2.17. The van der Waals surface area contributed by atoms with Crippen molar-refractivity contribution in [2.24, 2.45) is 11.7 Å². The van der Waals surface area contributed by atoms with Crippen LogP contribution in [-0.4, -0.2) is 14.3 Å². The van der Waals surface area contributed by atoms with E-state index in [4.69, 9.17) is 5.73 Å². The van der Waals surface area contributed by atoms with Gasteiger partial charge in [-0.1, -0.05) is 44.2 Å². The molecule has 1 atom stereocenters. The predicted octanol–water partition coefficient (Wildman–Crippen LogP) is 3.02. The third-order valence-electron chi connectivity index (χ3n) is 3.88. The first-order chi connectivity index (χ1) is 11.7. The summed E-state index contributed by atoms with van der Waals surface area (Å²) in [4.78, 5) is 11.3. The van der Waals surface area contributed by atoms with Crippen LogP contribution in [0.5, 0.6) is 0 Å². The Morgan fingerprint density at radius 3 is 2.28 bits per heavy atom. The summed E-state index contributed by atoms with van der Waals surface area (Å²) in [5.74, 6) is -0.0925. The van der Waals surface area contributed by atoms with Gasteiger partial charge in [-0.15, -0.1) is 0 Å². The molecule has 6 heteroatoms. The van der Waals surface area contributed by atoms with Crippen LogP contribution in [0.4, 0.5) is 0 Å². The van der Waals surface area contributed by atoms with Crippen LogP contribution in [-0.2, 0) is 16.4 Å². The first kappa shape index (κ1) is 19.1. The zero-order chi connectivity index (χ0) is 18.6. The van der Waals surface area contributed by atoms with Crippen molar-refractivity contribution in [1.82, 2.24) is 4.72 Å². The number of hydrogen-bond acceptors (Lipinski definition) is 3. The average Bonchev–Trinajstić information content (AvgIpc) is 2.54. The van der Waals surface area contributed by atoms with Gasteiger partial charge in [-0.2, -0.15) is 0 Å². The molecule has 0 aromatic heterocycles. The van der Waals surface area contributed by atoms with Crippen molar-refractivity contribution in [3.8, 4) is 0 Å². The van der Waals surface area contributed by atoms with Gasteiger partial charge in [-0.3, -0.25) is 4.79 Å². The lowest BCUT2D eigenvalue weighted by molar-refractivity contribution is 0.1000. The van der Waals surface area contributed by atoms with E-state index >= 15 is 0 Å². The second-order valence-electron chi connectivity index (χ2n) is 6.57. The van der Waals surface area contributed by atoms with E-state index in [0.717, 1.165) is 12.0 Å². The molecule has 3 N–H and O–H groups in total. The molecule has 0 saturated heterocycles. The van der Waals surface area contributed by atoms with Crippen molar-refractivity contribution < 1.29 is 13.2 Å². The molecule has 25 heavy (non-hydrogen) atoms. The number of hydrogen-bond donors (Lipinski definition) is 2. The highest BCUT2D eigenvalue weighted by atomic mass is 32.2. The van der Waals surface area contributed by atoms with Gasteiger partial charge in [0.1, 0.15) is 0 Å². The highest BCUT2D eigenvalue weighted by Gasteiger charge is 2.19. The Kier molecular flexibility index (Phi) is 5.98. The van der Waals surface area contributed by atoms with Gasteiger partial charge in [0.15, 0.2) is 0 Å². The molecular weight excluding hydrogens is 336 g/mol. The maximum atomic E-state index is 12.5. The van der Waals surface area contributed by atoms with E-state index in [9.17, 15) is 13.2 Å². The molecule has 0 heterocycles. The third-order valence-corrected chi connectivity index (χ3v) is 5.42. The zero-order valence-corrected chi connectivity index (χ0v) is 15.5. The van der Waals surface area contributed by atoms with Gasteiger partial charge < -0.3 is 5.73 Å². The van der Waals surface area contributed by atoms with Crippen molar-refractivity contribution in [2.45, 2.75) is 38.1 Å². The van der Waals surface area contributed by atoms with Crippen molar-refractivity contribution in [1.29, 1.82) is 0 Å². The zero-order valence-electron chi connectivity index (χ0n) is 14.7. The number of rotatable bonds is 7. The standard InChI is InChI=1S/C19H24N2O3S/c1-13(2)11-15-7-9-16(10-8-15)14(3)21-25(23,24)18-6-4-5-17(12-18)19(20)22/h4-10,12-14,21H,11H2,1-3H3,(H2,20,22). The highest BCUT2D eigenvalue weighted by molar-refractivity contribution is 7.89. The maximum absolute atomic E-state index is 12.5. The van der Waals surface area contributed by atoms with Crippen molar-refractivity contribution >= 4 is 15.9 Å². The summed E-state index contributed by atoms with van der Waals surface area (Å²) in [5.41, 5.74) is 7.48. The number of benzene rings is 2. The molecule has 2 rings (SSSR count). The lowest BCUT2D eigenvalue weighted by Gasteiger charge is -2.16. The van der Waals surface area contributed by atoms with E-state index in [1.807, 2.05) is 24.3 Å². The lowest BCUT2D eigenvalue weighted by atomic mass is 10.0. The molecule has 134 valence electrons. The van der Waals surface area contributed by atoms with Crippen molar-refractivity contribution in [3.63, 3.8) is 0 Å². The predicted molar refractivity (Wildman–Crippen MR) is 98.7 cm³/mol. The largest absolute Gasteiger partial charge is 0.366 e. The summed E-state index contributed by atoms with van der Waals surface area (Å²) in [7, 11) is -3.75. The molecule has 5 nitrogen and oxygen atoms in total. The van der Waals surface area contributed by atoms with E-state index in [1.54, 1.807) is 6.92 Å². The van der Waals surface area contributed by atoms with Gasteiger partial charge in [-0.05, 0) is 48.6 Å². The van der Waals surface area contributed by atoms with E-state index < -0.39 is 22.0 Å². The molecule has 0 bridgehead atoms. The quantitative estimate of drug-likeness (QED) is 0.795. The van der Waals surface area contributed by atoms with Gasteiger partial charge in [0.2, 0.25) is 15.9 Å². The molecule has 0 radical (unpaired) electrons. The summed E-state index contributed by atoms with van der Waals surface area (Å²) in [6.45, 7) is 6.10. The molecule has 0 aliphatic heterocycles. The van der Waals surface area contributed by atoms with Gasteiger partial charge in [0, 0.05) is 11.6 Å². The molecule has 1 unspecified atom stereocenters. The van der Waals surface area contributed by atoms with E-state index in [0.29, 0.717) is 5.92 Å². The Morgan fingerprint density at radius 2 is 1.72 bits per heavy atom. The second-order valence-corrected chi connectivity index (χ2v) is 8.29. The van der Waals surface area contributed by atoms with Crippen molar-refractivity contribution in [2.75, 3.05) is 0 Å². The second kappa shape index (κ2) is 7.80. The minimum atomic E-state index is -3.75. The first-order valence-electron chi connectivity index (χ1n) is 8.20. The minimum absolute atomic E-state index is 0.0204. The molecular formula is C19H24N2O3S. The van der Waals surface area contributed by atoms with Crippen LogP contribution in [0.15, 0.2) is 53.4 Å². The number of carbonyl (C=O) groups excluding carboxylic acids is 1. The molecule has 2 aromatic carbocycles. The molecule has 0 saturated carbocycles. The Hall–Kier alpha value is -2.18. The van der Waals surface area contributed by atoms with Crippen LogP contribution in [0, 0.1) is 5.92 Å². The normalized spacial score (nSPS) is 13.0. The van der Waals surface area contributed by atoms with Crippen LogP contribution in [0.1, 0.15) is 48.3 Å². The van der Waals surface area contributed by atoms with Crippen LogP contribution in [0.3, 0.4) is 0 Å². The van der Waals surface area contributed by atoms with E-state index in [2.05, 4.69) is 18.6 Å². The Bertz CT molecular complexity index is 843. The molecule has 0 aliphatic carbocycles. The highest BCUT2D eigenvalue weighted by Crippen LogP contribution is 2.19. The Morgan fingerprint density at radius 1 is 1.08 bits per heavy atom. The van der Waals surface area contributed by atoms with E-state index in [-0.39, 0.29) is 10.5 Å². The smallest absolute Gasteiger partial charge is 0.248 e. The van der Waals surface area contributed by atoms with Gasteiger partial charge in [0.25, 0.3) is 0 Å². The topological polar surface area (TPSA) is 89.3 Å². The summed E-state index contributed by atoms with van der Waals surface area (Å²) in [6, 6.07) is 13.2. The molecule has 0 spiro atoms.